The van der Waals surface area contributed by atoms with Gasteiger partial charge in [0.1, 0.15) is 13.2 Å². The Morgan fingerprint density at radius 3 is 1.43 bits per heavy atom. The van der Waals surface area contributed by atoms with Crippen LogP contribution in [0.1, 0.15) is 0 Å². The van der Waals surface area contributed by atoms with E-state index in [-0.39, 0.29) is 13.2 Å². The Labute approximate surface area is 78.9 Å². The van der Waals surface area contributed by atoms with E-state index in [1.165, 1.54) is 0 Å². The maximum Gasteiger partial charge on any atom is 0.510 e. The second kappa shape index (κ2) is 8.08. The zero-order valence-corrected chi connectivity index (χ0v) is 7.17. The molecule has 0 rings (SSSR count). The van der Waals surface area contributed by atoms with Gasteiger partial charge in [0.25, 0.3) is 0 Å². The minimum atomic E-state index is -1.08. The van der Waals surface area contributed by atoms with Gasteiger partial charge in [-0.3, -0.25) is 0 Å². The van der Waals surface area contributed by atoms with E-state index in [4.69, 9.17) is 10.2 Å². The van der Waals surface area contributed by atoms with Crippen LogP contribution in [0.15, 0.2) is 0 Å². The van der Waals surface area contributed by atoms with Crippen molar-refractivity contribution >= 4 is 12.3 Å². The predicted octanol–water partition coefficient (Wildman–Crippen LogP) is -0.808. The number of hydrogen-bond donors (Lipinski definition) is 2. The van der Waals surface area contributed by atoms with E-state index in [0.717, 1.165) is 0 Å². The molecule has 0 aliphatic heterocycles. The topological polar surface area (TPSA) is 112 Å². The van der Waals surface area contributed by atoms with Crippen LogP contribution in [0.4, 0.5) is 9.59 Å². The van der Waals surface area contributed by atoms with Crippen LogP contribution in [0.25, 0.3) is 0 Å². The highest BCUT2D eigenvalue weighted by Crippen LogP contribution is 1.87. The van der Waals surface area contributed by atoms with Crippen LogP contribution in [0, 0.1) is 0 Å². The number of carbonyl (C=O) groups excluding carboxylic acids is 2. The first-order valence-corrected chi connectivity index (χ1v) is 3.51. The van der Waals surface area contributed by atoms with Crippen LogP contribution < -0.4 is 0 Å². The summed E-state index contributed by atoms with van der Waals surface area (Å²) in [5.74, 6) is 0. The molecule has 0 spiro atoms. The van der Waals surface area contributed by atoms with Gasteiger partial charge in [0.15, 0.2) is 13.6 Å². The highest BCUT2D eigenvalue weighted by Gasteiger charge is 2.05. The average Bonchev–Trinajstić information content (AvgIpc) is 2.13. The molecule has 0 aliphatic carbocycles. The van der Waals surface area contributed by atoms with Crippen molar-refractivity contribution in [2.75, 3.05) is 26.8 Å². The van der Waals surface area contributed by atoms with Crippen LogP contribution in [0.5, 0.6) is 0 Å². The average molecular weight is 210 g/mol. The number of ether oxygens (including phenoxy) is 4. The van der Waals surface area contributed by atoms with E-state index in [1.807, 2.05) is 0 Å². The quantitative estimate of drug-likeness (QED) is 0.344. The van der Waals surface area contributed by atoms with Gasteiger partial charge in [0, 0.05) is 0 Å². The third kappa shape index (κ3) is 7.13. The van der Waals surface area contributed by atoms with Crippen molar-refractivity contribution in [1.29, 1.82) is 0 Å². The summed E-state index contributed by atoms with van der Waals surface area (Å²) in [6.07, 6.45) is -2.15. The van der Waals surface area contributed by atoms with E-state index in [0.29, 0.717) is 0 Å². The van der Waals surface area contributed by atoms with Gasteiger partial charge < -0.3 is 29.2 Å². The first-order valence-electron chi connectivity index (χ1n) is 3.51. The standard InChI is InChI=1S/C6H10O8/c7-3-13-5(9)11-1-2-12-6(10)14-4-8/h7-8H,1-4H2. The molecule has 0 fully saturated rings. The Morgan fingerprint density at radius 2 is 1.14 bits per heavy atom. The van der Waals surface area contributed by atoms with Crippen LogP contribution in [-0.2, 0) is 18.9 Å². The molecule has 0 aliphatic rings. The van der Waals surface area contributed by atoms with Gasteiger partial charge >= 0.3 is 12.3 Å². The highest BCUT2D eigenvalue weighted by atomic mass is 16.8. The molecule has 0 aromatic carbocycles. The lowest BCUT2D eigenvalue weighted by Crippen LogP contribution is -2.15. The van der Waals surface area contributed by atoms with Gasteiger partial charge in [-0.05, 0) is 0 Å². The molecule has 0 heterocycles. The predicted molar refractivity (Wildman–Crippen MR) is 39.0 cm³/mol. The third-order valence-corrected chi connectivity index (χ3v) is 0.888. The highest BCUT2D eigenvalue weighted by molar-refractivity contribution is 5.60. The molecule has 0 atom stereocenters. The normalized spacial score (nSPS) is 9.00. The largest absolute Gasteiger partial charge is 0.510 e. The van der Waals surface area contributed by atoms with Crippen molar-refractivity contribution in [2.45, 2.75) is 0 Å². The Kier molecular flexibility index (Phi) is 7.19. The van der Waals surface area contributed by atoms with Gasteiger partial charge in [-0.1, -0.05) is 0 Å². The monoisotopic (exact) mass is 210 g/mol. The van der Waals surface area contributed by atoms with Gasteiger partial charge in [-0.15, -0.1) is 0 Å². The summed E-state index contributed by atoms with van der Waals surface area (Å²) in [7, 11) is 0. The molecule has 2 N–H and O–H groups in total. The second-order valence-electron chi connectivity index (χ2n) is 1.74. The van der Waals surface area contributed by atoms with Gasteiger partial charge in [0.2, 0.25) is 0 Å². The van der Waals surface area contributed by atoms with Gasteiger partial charge in [0.05, 0.1) is 0 Å². The Hall–Kier alpha value is -1.54. The van der Waals surface area contributed by atoms with E-state index in [1.54, 1.807) is 0 Å². The van der Waals surface area contributed by atoms with E-state index < -0.39 is 25.9 Å². The molecule has 0 aromatic heterocycles. The Balaban J connectivity index is 3.28. The number of aliphatic hydroxyl groups is 2. The molecule has 0 aromatic rings. The fraction of sp³-hybridized carbons (Fsp3) is 0.667. The summed E-state index contributed by atoms with van der Waals surface area (Å²) >= 11 is 0. The molecule has 8 heteroatoms. The second-order valence-corrected chi connectivity index (χ2v) is 1.74. The molecular formula is C6H10O8. The molecule has 8 nitrogen and oxygen atoms in total. The molecule has 82 valence electrons. The van der Waals surface area contributed by atoms with Gasteiger partial charge in [-0.25, -0.2) is 9.59 Å². The van der Waals surface area contributed by atoms with E-state index >= 15 is 0 Å². The summed E-state index contributed by atoms with van der Waals surface area (Å²) in [6, 6.07) is 0. The lowest BCUT2D eigenvalue weighted by atomic mass is 10.8. The first kappa shape index (κ1) is 12.5. The fourth-order valence-corrected chi connectivity index (χ4v) is 0.439. The third-order valence-electron chi connectivity index (χ3n) is 0.888. The Bertz CT molecular complexity index is 159. The number of hydrogen-bond acceptors (Lipinski definition) is 8. The van der Waals surface area contributed by atoms with Gasteiger partial charge in [-0.2, -0.15) is 0 Å². The molecule has 0 radical (unpaired) electrons. The van der Waals surface area contributed by atoms with Crippen molar-refractivity contribution in [1.82, 2.24) is 0 Å². The molecule has 0 saturated heterocycles. The Morgan fingerprint density at radius 1 is 0.786 bits per heavy atom. The number of rotatable bonds is 5. The van der Waals surface area contributed by atoms with Crippen molar-refractivity contribution in [2.24, 2.45) is 0 Å². The summed E-state index contributed by atoms with van der Waals surface area (Å²) in [6.45, 7) is -2.04. The maximum absolute atomic E-state index is 10.4. The van der Waals surface area contributed by atoms with Crippen LogP contribution >= 0.6 is 0 Å². The minimum Gasteiger partial charge on any atom is -0.431 e. The van der Waals surface area contributed by atoms with E-state index in [9.17, 15) is 9.59 Å². The fourth-order valence-electron chi connectivity index (χ4n) is 0.439. The summed E-state index contributed by atoms with van der Waals surface area (Å²) in [5, 5.41) is 16.2. The van der Waals surface area contributed by atoms with Crippen LogP contribution in [-0.4, -0.2) is 49.3 Å². The molecule has 0 amide bonds. The lowest BCUT2D eigenvalue weighted by molar-refractivity contribution is -0.0284. The van der Waals surface area contributed by atoms with Crippen molar-refractivity contribution < 1.29 is 38.7 Å². The van der Waals surface area contributed by atoms with E-state index in [2.05, 4.69) is 18.9 Å². The molecule has 0 saturated carbocycles. The zero-order valence-electron chi connectivity index (χ0n) is 7.17. The SMILES string of the molecule is O=C(OCO)OCCOC(=O)OCO. The first-order chi connectivity index (χ1) is 6.70. The smallest absolute Gasteiger partial charge is 0.431 e. The molecule has 0 bridgehead atoms. The molecular weight excluding hydrogens is 200 g/mol. The maximum atomic E-state index is 10.4. The molecule has 0 unspecified atom stereocenters. The van der Waals surface area contributed by atoms with Crippen LogP contribution in [0.2, 0.25) is 0 Å². The summed E-state index contributed by atoms with van der Waals surface area (Å²) in [5.41, 5.74) is 0. The minimum absolute atomic E-state index is 0.237. The van der Waals surface area contributed by atoms with Crippen molar-refractivity contribution in [3.8, 4) is 0 Å². The van der Waals surface area contributed by atoms with Crippen molar-refractivity contribution in [3.63, 3.8) is 0 Å². The van der Waals surface area contributed by atoms with Crippen molar-refractivity contribution in [3.05, 3.63) is 0 Å². The zero-order chi connectivity index (χ0) is 10.8. The van der Waals surface area contributed by atoms with Crippen LogP contribution in [0.3, 0.4) is 0 Å². The summed E-state index contributed by atoms with van der Waals surface area (Å²) in [4.78, 5) is 20.8. The number of aliphatic hydroxyl groups excluding tert-OH is 2. The number of carbonyl (C=O) groups is 2. The molecule has 14 heavy (non-hydrogen) atoms. The lowest BCUT2D eigenvalue weighted by Gasteiger charge is -2.04. The summed E-state index contributed by atoms with van der Waals surface area (Å²) < 4.78 is 16.5.